The van der Waals surface area contributed by atoms with Gasteiger partial charge in [-0.05, 0) is 47.1 Å². The first-order chi connectivity index (χ1) is 9.14. The van der Waals surface area contributed by atoms with Crippen molar-refractivity contribution in [1.29, 1.82) is 0 Å². The van der Waals surface area contributed by atoms with Gasteiger partial charge in [0, 0.05) is 0 Å². The van der Waals surface area contributed by atoms with Crippen LogP contribution in [0.3, 0.4) is 0 Å². The van der Waals surface area contributed by atoms with Crippen LogP contribution in [0.15, 0.2) is 0 Å². The quantitative estimate of drug-likeness (QED) is 0.576. The number of rotatable bonds is 6. The van der Waals surface area contributed by atoms with Gasteiger partial charge in [0.05, 0.1) is 34.7 Å². The second kappa shape index (κ2) is 6.89. The Morgan fingerprint density at radius 3 is 2.40 bits per heavy atom. The van der Waals surface area contributed by atoms with Gasteiger partial charge in [-0.25, -0.2) is 0 Å². The summed E-state index contributed by atoms with van der Waals surface area (Å²) in [7, 11) is -1.71. The number of hydrogen-bond acceptors (Lipinski definition) is 3. The summed E-state index contributed by atoms with van der Waals surface area (Å²) in [6.07, 6.45) is 0.890. The van der Waals surface area contributed by atoms with Gasteiger partial charge < -0.3 is 9.53 Å². The Morgan fingerprint density at radius 1 is 1.35 bits per heavy atom. The fourth-order valence-corrected chi connectivity index (χ4v) is 3.67. The second-order valence-corrected chi connectivity index (χ2v) is 12.4. The number of hydrogen-bond donors (Lipinski definition) is 1. The first-order valence-electron chi connectivity index (χ1n) is 7.13. The average molecular weight is 410 g/mol. The zero-order valence-electron chi connectivity index (χ0n) is 13.5. The van der Waals surface area contributed by atoms with E-state index < -0.39 is 8.32 Å². The molecule has 0 aliphatic carbocycles. The summed E-state index contributed by atoms with van der Waals surface area (Å²) in [4.78, 5) is 0. The van der Waals surface area contributed by atoms with E-state index >= 15 is 0 Å². The van der Waals surface area contributed by atoms with Crippen LogP contribution in [0.5, 0.6) is 0 Å². The molecule has 0 spiro atoms. The van der Waals surface area contributed by atoms with Crippen LogP contribution < -0.4 is 0 Å². The summed E-state index contributed by atoms with van der Waals surface area (Å²) in [5.41, 5.74) is 1.96. The topological polar surface area (TPSA) is 47.3 Å². The van der Waals surface area contributed by atoms with Crippen LogP contribution in [0.1, 0.15) is 39.1 Å². The lowest BCUT2D eigenvalue weighted by Gasteiger charge is -2.36. The van der Waals surface area contributed by atoms with Crippen molar-refractivity contribution >= 4 is 30.9 Å². The Morgan fingerprint density at radius 2 is 1.95 bits per heavy atom. The summed E-state index contributed by atoms with van der Waals surface area (Å²) in [5, 5.41) is 14.3. The van der Waals surface area contributed by atoms with Crippen LogP contribution in [0.4, 0.5) is 0 Å². The Kier molecular flexibility index (Phi) is 6.25. The molecule has 0 aliphatic rings. The molecule has 6 heteroatoms. The maximum absolute atomic E-state index is 9.50. The highest BCUT2D eigenvalue weighted by molar-refractivity contribution is 14.1. The Bertz CT molecular complexity index is 453. The smallest absolute Gasteiger partial charge is 0.192 e. The summed E-state index contributed by atoms with van der Waals surface area (Å²) < 4.78 is 9.15. The van der Waals surface area contributed by atoms with Crippen LogP contribution in [0.25, 0.3) is 0 Å². The molecule has 1 rings (SSSR count). The number of aliphatic hydroxyl groups is 1. The third kappa shape index (κ3) is 4.05. The van der Waals surface area contributed by atoms with E-state index in [4.69, 9.17) is 4.43 Å². The standard InChI is InChI=1S/C14H27IN2O2Si/c1-7-11-13(15)12(10-18)17(16-11)8-9-19-20(5,6)14(2,3)4/h18H,7-10H2,1-6H3. The van der Waals surface area contributed by atoms with Crippen molar-refractivity contribution in [2.24, 2.45) is 0 Å². The molecule has 0 bridgehead atoms. The van der Waals surface area contributed by atoms with Gasteiger partial charge in [0.1, 0.15) is 0 Å². The normalized spacial score (nSPS) is 13.0. The molecule has 0 unspecified atom stereocenters. The van der Waals surface area contributed by atoms with Crippen molar-refractivity contribution in [1.82, 2.24) is 9.78 Å². The maximum atomic E-state index is 9.50. The minimum absolute atomic E-state index is 0.0331. The summed E-state index contributed by atoms with van der Waals surface area (Å²) >= 11 is 2.27. The van der Waals surface area contributed by atoms with Crippen LogP contribution in [0, 0.1) is 3.57 Å². The van der Waals surface area contributed by atoms with E-state index in [1.165, 1.54) is 0 Å². The fraction of sp³-hybridized carbons (Fsp3) is 0.786. The largest absolute Gasteiger partial charge is 0.415 e. The van der Waals surface area contributed by atoms with Crippen LogP contribution in [-0.4, -0.2) is 29.8 Å². The van der Waals surface area contributed by atoms with Crippen molar-refractivity contribution < 1.29 is 9.53 Å². The fourth-order valence-electron chi connectivity index (χ4n) is 1.70. The molecule has 0 saturated heterocycles. The predicted octanol–water partition coefficient (Wildman–Crippen LogP) is 3.56. The third-order valence-electron chi connectivity index (χ3n) is 4.12. The SMILES string of the molecule is CCc1nn(CCO[Si](C)(C)C(C)(C)C)c(CO)c1I. The predicted molar refractivity (Wildman–Crippen MR) is 93.4 cm³/mol. The molecule has 0 aliphatic heterocycles. The van der Waals surface area contributed by atoms with Gasteiger partial charge in [-0.2, -0.15) is 5.10 Å². The first-order valence-corrected chi connectivity index (χ1v) is 11.1. The number of nitrogens with zero attached hydrogens (tertiary/aromatic N) is 2. The van der Waals surface area contributed by atoms with Crippen molar-refractivity contribution in [2.75, 3.05) is 6.61 Å². The minimum atomic E-state index is -1.71. The van der Waals surface area contributed by atoms with E-state index in [0.717, 1.165) is 21.4 Å². The molecule has 1 aromatic heterocycles. The monoisotopic (exact) mass is 410 g/mol. The van der Waals surface area contributed by atoms with Crippen LogP contribution >= 0.6 is 22.6 Å². The zero-order chi connectivity index (χ0) is 15.6. The van der Waals surface area contributed by atoms with Crippen molar-refractivity contribution in [3.8, 4) is 0 Å². The molecule has 1 N–H and O–H groups in total. The van der Waals surface area contributed by atoms with Crippen LogP contribution in [0.2, 0.25) is 18.1 Å². The van der Waals surface area contributed by atoms with Crippen molar-refractivity contribution in [3.63, 3.8) is 0 Å². The summed E-state index contributed by atoms with van der Waals surface area (Å²) in [6, 6.07) is 0. The van der Waals surface area contributed by atoms with E-state index in [2.05, 4.69) is 68.5 Å². The summed E-state index contributed by atoms with van der Waals surface area (Å²) in [6.45, 7) is 14.7. The van der Waals surface area contributed by atoms with Crippen molar-refractivity contribution in [2.45, 2.75) is 65.4 Å². The molecule has 4 nitrogen and oxygen atoms in total. The van der Waals surface area contributed by atoms with Crippen LogP contribution in [-0.2, 0) is 24.0 Å². The second-order valence-electron chi connectivity index (χ2n) is 6.55. The van der Waals surface area contributed by atoms with Gasteiger partial charge in [0.15, 0.2) is 8.32 Å². The lowest BCUT2D eigenvalue weighted by atomic mass is 10.2. The molecule has 0 saturated carbocycles. The van der Waals surface area contributed by atoms with E-state index in [1.54, 1.807) is 0 Å². The van der Waals surface area contributed by atoms with Crippen molar-refractivity contribution in [3.05, 3.63) is 15.0 Å². The first kappa shape index (κ1) is 18.1. The summed E-state index contributed by atoms with van der Waals surface area (Å²) in [5.74, 6) is 0. The van der Waals surface area contributed by atoms with Gasteiger partial charge in [0.25, 0.3) is 0 Å². The van der Waals surface area contributed by atoms with Gasteiger partial charge in [-0.1, -0.05) is 27.7 Å². The highest BCUT2D eigenvalue weighted by atomic mass is 127. The molecule has 0 radical (unpaired) electrons. The molecule has 0 amide bonds. The average Bonchev–Trinajstić information content (AvgIpc) is 2.63. The van der Waals surface area contributed by atoms with E-state index in [9.17, 15) is 5.11 Å². The minimum Gasteiger partial charge on any atom is -0.415 e. The third-order valence-corrected chi connectivity index (χ3v) is 9.90. The number of aromatic nitrogens is 2. The van der Waals surface area contributed by atoms with E-state index in [1.807, 2.05) is 4.68 Å². The van der Waals surface area contributed by atoms with E-state index in [0.29, 0.717) is 13.2 Å². The molecule has 0 fully saturated rings. The molecule has 1 heterocycles. The molecular formula is C14H27IN2O2Si. The Balaban J connectivity index is 2.72. The van der Waals surface area contributed by atoms with E-state index in [-0.39, 0.29) is 11.6 Å². The molecular weight excluding hydrogens is 383 g/mol. The Labute approximate surface area is 137 Å². The molecule has 0 aromatic carbocycles. The Hall–Kier alpha value is 0.0769. The number of aryl methyl sites for hydroxylation is 1. The number of halogens is 1. The molecule has 0 atom stereocenters. The maximum Gasteiger partial charge on any atom is 0.192 e. The zero-order valence-corrected chi connectivity index (χ0v) is 16.6. The number of aliphatic hydroxyl groups excluding tert-OH is 1. The highest BCUT2D eigenvalue weighted by Gasteiger charge is 2.36. The lowest BCUT2D eigenvalue weighted by Crippen LogP contribution is -2.41. The van der Waals surface area contributed by atoms with Gasteiger partial charge in [-0.15, -0.1) is 0 Å². The van der Waals surface area contributed by atoms with Gasteiger partial charge in [-0.3, -0.25) is 4.68 Å². The lowest BCUT2D eigenvalue weighted by molar-refractivity contribution is 0.242. The molecule has 20 heavy (non-hydrogen) atoms. The van der Waals surface area contributed by atoms with Gasteiger partial charge in [0.2, 0.25) is 0 Å². The highest BCUT2D eigenvalue weighted by Crippen LogP contribution is 2.36. The molecule has 116 valence electrons. The molecule has 1 aromatic rings. The van der Waals surface area contributed by atoms with Gasteiger partial charge >= 0.3 is 0 Å².